The number of fused-ring (bicyclic) bond motifs is 1. The average molecular weight is 289 g/mol. The van der Waals surface area contributed by atoms with Gasteiger partial charge in [-0.3, -0.25) is 0 Å². The summed E-state index contributed by atoms with van der Waals surface area (Å²) in [6, 6.07) is 7.43. The molecule has 1 heterocycles. The van der Waals surface area contributed by atoms with E-state index in [4.69, 9.17) is 4.42 Å². The third kappa shape index (κ3) is 3.27. The smallest absolute Gasteiger partial charge is 0.372 e. The minimum absolute atomic E-state index is 0.0334. The normalized spacial score (nSPS) is 12.2. The van der Waals surface area contributed by atoms with Crippen LogP contribution in [0, 0.1) is 11.3 Å². The van der Waals surface area contributed by atoms with Crippen molar-refractivity contribution >= 4 is 16.9 Å². The van der Waals surface area contributed by atoms with E-state index in [9.17, 15) is 9.90 Å². The molecule has 0 atom stereocenters. The zero-order chi connectivity index (χ0) is 15.6. The quantitative estimate of drug-likeness (QED) is 0.846. The second-order valence-corrected chi connectivity index (χ2v) is 6.46. The number of carboxylic acid groups (broad SMARTS) is 1. The minimum Gasteiger partial charge on any atom is -0.475 e. The third-order valence-corrected chi connectivity index (χ3v) is 4.34. The zero-order valence-electron chi connectivity index (χ0n) is 13.1. The first kappa shape index (κ1) is 15.6. The summed E-state index contributed by atoms with van der Waals surface area (Å²) in [5.74, 6) is -0.442. The van der Waals surface area contributed by atoms with Gasteiger partial charge in [-0.2, -0.15) is 0 Å². The molecule has 0 aliphatic carbocycles. The number of benzene rings is 1. The van der Waals surface area contributed by atoms with Crippen LogP contribution in [-0.4, -0.2) is 17.6 Å². The van der Waals surface area contributed by atoms with E-state index in [1.165, 1.54) is 0 Å². The van der Waals surface area contributed by atoms with Crippen LogP contribution in [-0.2, 0) is 6.54 Å². The van der Waals surface area contributed by atoms with Crippen molar-refractivity contribution in [3.8, 4) is 0 Å². The molecule has 0 bridgehead atoms. The fourth-order valence-electron chi connectivity index (χ4n) is 2.16. The molecule has 114 valence electrons. The van der Waals surface area contributed by atoms with Gasteiger partial charge in [0.2, 0.25) is 5.76 Å². The fraction of sp³-hybridized carbons (Fsp3) is 0.471. The predicted octanol–water partition coefficient (Wildman–Crippen LogP) is 3.90. The maximum Gasteiger partial charge on any atom is 0.372 e. The second kappa shape index (κ2) is 5.90. The molecule has 0 aliphatic rings. The van der Waals surface area contributed by atoms with Crippen molar-refractivity contribution in [1.29, 1.82) is 0 Å². The summed E-state index contributed by atoms with van der Waals surface area (Å²) in [6.45, 7) is 10.1. The van der Waals surface area contributed by atoms with E-state index >= 15 is 0 Å². The Hall–Kier alpha value is -1.81. The van der Waals surface area contributed by atoms with E-state index < -0.39 is 5.97 Å². The van der Waals surface area contributed by atoms with Crippen LogP contribution >= 0.6 is 0 Å². The predicted molar refractivity (Wildman–Crippen MR) is 83.5 cm³/mol. The van der Waals surface area contributed by atoms with E-state index in [2.05, 4.69) is 33.0 Å². The molecule has 0 amide bonds. The number of hydrogen-bond acceptors (Lipinski definition) is 3. The lowest BCUT2D eigenvalue weighted by Gasteiger charge is -2.29. The largest absolute Gasteiger partial charge is 0.475 e. The van der Waals surface area contributed by atoms with Gasteiger partial charge in [-0.25, -0.2) is 4.79 Å². The molecule has 0 radical (unpaired) electrons. The number of para-hydroxylation sites is 1. The Kier molecular flexibility index (Phi) is 4.37. The van der Waals surface area contributed by atoms with Crippen LogP contribution < -0.4 is 5.32 Å². The number of carboxylic acids is 1. The Balaban J connectivity index is 2.21. The molecule has 4 nitrogen and oxygen atoms in total. The number of carbonyl (C=O) groups is 1. The Morgan fingerprint density at radius 2 is 2.00 bits per heavy atom. The van der Waals surface area contributed by atoms with Gasteiger partial charge in [0.25, 0.3) is 0 Å². The van der Waals surface area contributed by atoms with Gasteiger partial charge in [0.1, 0.15) is 5.58 Å². The maximum atomic E-state index is 11.3. The van der Waals surface area contributed by atoms with E-state index in [-0.39, 0.29) is 11.2 Å². The van der Waals surface area contributed by atoms with Crippen molar-refractivity contribution in [3.63, 3.8) is 0 Å². The summed E-state index contributed by atoms with van der Waals surface area (Å²) < 4.78 is 5.45. The number of hydrogen-bond donors (Lipinski definition) is 2. The Morgan fingerprint density at radius 3 is 2.62 bits per heavy atom. The van der Waals surface area contributed by atoms with Crippen LogP contribution in [0.1, 0.15) is 43.8 Å². The molecule has 0 unspecified atom stereocenters. The molecule has 0 saturated heterocycles. The minimum atomic E-state index is -1.02. The highest BCUT2D eigenvalue weighted by Gasteiger charge is 2.23. The van der Waals surface area contributed by atoms with E-state index in [0.717, 1.165) is 17.5 Å². The lowest BCUT2D eigenvalue weighted by atomic mass is 9.81. The van der Waals surface area contributed by atoms with Crippen molar-refractivity contribution in [2.24, 2.45) is 11.3 Å². The Bertz CT molecular complexity index is 641. The van der Waals surface area contributed by atoms with Crippen LogP contribution in [0.15, 0.2) is 28.7 Å². The molecule has 2 rings (SSSR count). The van der Waals surface area contributed by atoms with Crippen LogP contribution in [0.4, 0.5) is 0 Å². The lowest BCUT2D eigenvalue weighted by molar-refractivity contribution is 0.0663. The number of rotatable bonds is 6. The topological polar surface area (TPSA) is 62.5 Å². The molecule has 2 N–H and O–H groups in total. The van der Waals surface area contributed by atoms with Gasteiger partial charge in [-0.15, -0.1) is 0 Å². The van der Waals surface area contributed by atoms with Crippen LogP contribution in [0.5, 0.6) is 0 Å². The molecule has 0 saturated carbocycles. The number of furan rings is 1. The fourth-order valence-corrected chi connectivity index (χ4v) is 2.16. The van der Waals surface area contributed by atoms with Gasteiger partial charge in [-0.1, -0.05) is 45.9 Å². The van der Waals surface area contributed by atoms with Crippen LogP contribution in [0.25, 0.3) is 11.0 Å². The summed E-state index contributed by atoms with van der Waals surface area (Å²) in [5.41, 5.74) is 1.50. The van der Waals surface area contributed by atoms with Gasteiger partial charge in [0, 0.05) is 24.0 Å². The van der Waals surface area contributed by atoms with Gasteiger partial charge in [0.15, 0.2) is 0 Å². The van der Waals surface area contributed by atoms with Crippen LogP contribution in [0.3, 0.4) is 0 Å². The Morgan fingerprint density at radius 1 is 1.33 bits per heavy atom. The van der Waals surface area contributed by atoms with Gasteiger partial charge in [-0.05, 0) is 17.4 Å². The monoisotopic (exact) mass is 289 g/mol. The molecule has 21 heavy (non-hydrogen) atoms. The summed E-state index contributed by atoms with van der Waals surface area (Å²) in [7, 11) is 0. The number of nitrogens with one attached hydrogen (secondary N) is 1. The summed E-state index contributed by atoms with van der Waals surface area (Å²) in [6.07, 6.45) is 0. The number of aromatic carboxylic acids is 1. The van der Waals surface area contributed by atoms with Crippen molar-refractivity contribution in [3.05, 3.63) is 35.6 Å². The molecule has 0 spiro atoms. The van der Waals surface area contributed by atoms with E-state index in [1.54, 1.807) is 6.07 Å². The standard InChI is InChI=1S/C17H23NO3/c1-11(2)17(3,4)10-18-9-13-12-7-5-6-8-14(12)21-15(13)16(19)20/h5-8,11,18H,9-10H2,1-4H3,(H,19,20). The maximum absolute atomic E-state index is 11.3. The summed E-state index contributed by atoms with van der Waals surface area (Å²) >= 11 is 0. The van der Waals surface area contributed by atoms with Gasteiger partial charge >= 0.3 is 5.97 Å². The molecule has 0 aliphatic heterocycles. The first-order valence-corrected chi connectivity index (χ1v) is 7.27. The average Bonchev–Trinajstić information content (AvgIpc) is 2.78. The third-order valence-electron chi connectivity index (χ3n) is 4.34. The second-order valence-electron chi connectivity index (χ2n) is 6.46. The molecule has 4 heteroatoms. The van der Waals surface area contributed by atoms with Crippen LogP contribution in [0.2, 0.25) is 0 Å². The summed E-state index contributed by atoms with van der Waals surface area (Å²) in [5, 5.41) is 13.5. The highest BCUT2D eigenvalue weighted by molar-refractivity contribution is 5.95. The highest BCUT2D eigenvalue weighted by Crippen LogP contribution is 2.27. The molecular weight excluding hydrogens is 266 g/mol. The SMILES string of the molecule is CC(C)C(C)(C)CNCc1c(C(=O)O)oc2ccccc12. The highest BCUT2D eigenvalue weighted by atomic mass is 16.4. The first-order valence-electron chi connectivity index (χ1n) is 7.27. The molecular formula is C17H23NO3. The zero-order valence-corrected chi connectivity index (χ0v) is 13.1. The van der Waals surface area contributed by atoms with E-state index in [0.29, 0.717) is 18.0 Å². The summed E-state index contributed by atoms with van der Waals surface area (Å²) in [4.78, 5) is 11.3. The van der Waals surface area contributed by atoms with Gasteiger partial charge < -0.3 is 14.8 Å². The van der Waals surface area contributed by atoms with E-state index in [1.807, 2.05) is 18.2 Å². The molecule has 0 fully saturated rings. The van der Waals surface area contributed by atoms with Gasteiger partial charge in [0.05, 0.1) is 0 Å². The molecule has 1 aromatic carbocycles. The first-order chi connectivity index (χ1) is 9.83. The molecule has 2 aromatic rings. The van der Waals surface area contributed by atoms with Crippen molar-refractivity contribution in [2.45, 2.75) is 34.2 Å². The van der Waals surface area contributed by atoms with Crippen molar-refractivity contribution in [2.75, 3.05) is 6.54 Å². The van der Waals surface area contributed by atoms with Crippen molar-refractivity contribution < 1.29 is 14.3 Å². The van der Waals surface area contributed by atoms with Crippen molar-refractivity contribution in [1.82, 2.24) is 5.32 Å². The Labute approximate surface area is 125 Å². The molecule has 1 aromatic heterocycles. The lowest BCUT2D eigenvalue weighted by Crippen LogP contribution is -2.33.